The van der Waals surface area contributed by atoms with Crippen molar-refractivity contribution in [2.24, 2.45) is 0 Å². The zero-order chi connectivity index (χ0) is 18.6. The summed E-state index contributed by atoms with van der Waals surface area (Å²) in [6.07, 6.45) is 1.66. The van der Waals surface area contributed by atoms with Gasteiger partial charge >= 0.3 is 5.97 Å². The lowest BCUT2D eigenvalue weighted by atomic mass is 10.0. The minimum atomic E-state index is -3.94. The quantitative estimate of drug-likeness (QED) is 0.780. The maximum absolute atomic E-state index is 13.1. The Kier molecular flexibility index (Phi) is 6.12. The van der Waals surface area contributed by atoms with Crippen LogP contribution >= 0.6 is 0 Å². The van der Waals surface area contributed by atoms with Crippen molar-refractivity contribution in [1.82, 2.24) is 9.62 Å². The van der Waals surface area contributed by atoms with Crippen LogP contribution in [0.4, 0.5) is 4.39 Å². The molecule has 7 nitrogen and oxygen atoms in total. The van der Waals surface area contributed by atoms with Crippen LogP contribution < -0.4 is 5.32 Å². The SMILES string of the molecule is COC(=O)[C@H](C)NC(=O)[C@H]1CCCCN1S(=O)(=O)c1ccc(F)cc1. The highest BCUT2D eigenvalue weighted by atomic mass is 32.2. The molecule has 0 bridgehead atoms. The van der Waals surface area contributed by atoms with Crippen LogP contribution in [0.25, 0.3) is 0 Å². The van der Waals surface area contributed by atoms with Crippen LogP contribution in [-0.4, -0.2) is 50.3 Å². The Labute approximate surface area is 146 Å². The molecule has 1 N–H and O–H groups in total. The molecular formula is C16H21FN2O5S. The zero-order valence-electron chi connectivity index (χ0n) is 14.1. The highest BCUT2D eigenvalue weighted by Gasteiger charge is 2.38. The molecule has 0 radical (unpaired) electrons. The molecule has 2 atom stereocenters. The number of rotatable bonds is 5. The van der Waals surface area contributed by atoms with Crippen LogP contribution in [0.15, 0.2) is 29.2 Å². The molecule has 0 saturated carbocycles. The Hall–Kier alpha value is -2.00. The first kappa shape index (κ1) is 19.3. The maximum Gasteiger partial charge on any atom is 0.328 e. The van der Waals surface area contributed by atoms with Gasteiger partial charge in [-0.25, -0.2) is 17.6 Å². The number of amides is 1. The van der Waals surface area contributed by atoms with Gasteiger partial charge < -0.3 is 10.1 Å². The highest BCUT2D eigenvalue weighted by Crippen LogP contribution is 2.25. The molecule has 25 heavy (non-hydrogen) atoms. The first-order chi connectivity index (χ1) is 11.8. The summed E-state index contributed by atoms with van der Waals surface area (Å²) >= 11 is 0. The van der Waals surface area contributed by atoms with Crippen molar-refractivity contribution in [2.45, 2.75) is 43.2 Å². The number of hydrogen-bond acceptors (Lipinski definition) is 5. The number of hydrogen-bond donors (Lipinski definition) is 1. The largest absolute Gasteiger partial charge is 0.467 e. The van der Waals surface area contributed by atoms with Gasteiger partial charge in [0.2, 0.25) is 15.9 Å². The van der Waals surface area contributed by atoms with E-state index in [1.165, 1.54) is 26.2 Å². The molecule has 0 spiro atoms. The number of esters is 1. The topological polar surface area (TPSA) is 92.8 Å². The van der Waals surface area contributed by atoms with Crippen LogP contribution in [0.2, 0.25) is 0 Å². The number of methoxy groups -OCH3 is 1. The molecule has 2 rings (SSSR count). The van der Waals surface area contributed by atoms with Gasteiger partial charge in [-0.2, -0.15) is 4.31 Å². The van der Waals surface area contributed by atoms with Crippen molar-refractivity contribution < 1.29 is 27.1 Å². The standard InChI is InChI=1S/C16H21FN2O5S/c1-11(16(21)24-2)18-15(20)14-5-3-4-10-19(14)25(22,23)13-8-6-12(17)7-9-13/h6-9,11,14H,3-5,10H2,1-2H3,(H,18,20)/t11-,14+/m0/s1. The Morgan fingerprint density at radius 2 is 1.92 bits per heavy atom. The maximum atomic E-state index is 13.1. The molecule has 1 heterocycles. The van der Waals surface area contributed by atoms with E-state index in [4.69, 9.17) is 0 Å². The van der Waals surface area contributed by atoms with Gasteiger partial charge in [0.25, 0.3) is 0 Å². The van der Waals surface area contributed by atoms with Crippen molar-refractivity contribution in [3.05, 3.63) is 30.1 Å². The number of piperidine rings is 1. The summed E-state index contributed by atoms with van der Waals surface area (Å²) in [5, 5.41) is 2.48. The predicted octanol–water partition coefficient (Wildman–Crippen LogP) is 1.05. The van der Waals surface area contributed by atoms with E-state index < -0.39 is 39.8 Å². The van der Waals surface area contributed by atoms with Gasteiger partial charge in [0.1, 0.15) is 17.9 Å². The van der Waals surface area contributed by atoms with E-state index in [1.807, 2.05) is 0 Å². The lowest BCUT2D eigenvalue weighted by molar-refractivity contribution is -0.145. The van der Waals surface area contributed by atoms with Crippen molar-refractivity contribution in [3.8, 4) is 0 Å². The molecule has 1 aliphatic rings. The van der Waals surface area contributed by atoms with Crippen molar-refractivity contribution >= 4 is 21.9 Å². The molecule has 1 aromatic carbocycles. The van der Waals surface area contributed by atoms with Gasteiger partial charge in [-0.1, -0.05) is 6.42 Å². The number of benzene rings is 1. The number of carbonyl (C=O) groups is 2. The molecule has 0 unspecified atom stereocenters. The second-order valence-electron chi connectivity index (χ2n) is 5.83. The van der Waals surface area contributed by atoms with E-state index in [0.717, 1.165) is 16.4 Å². The summed E-state index contributed by atoms with van der Waals surface area (Å²) in [5.74, 6) is -1.71. The van der Waals surface area contributed by atoms with Gasteiger partial charge in [-0.05, 0) is 44.0 Å². The first-order valence-electron chi connectivity index (χ1n) is 7.93. The van der Waals surface area contributed by atoms with Crippen LogP contribution in [-0.2, 0) is 24.3 Å². The van der Waals surface area contributed by atoms with Crippen LogP contribution in [0, 0.1) is 5.82 Å². The minimum Gasteiger partial charge on any atom is -0.467 e. The zero-order valence-corrected chi connectivity index (χ0v) is 14.9. The number of carbonyl (C=O) groups excluding carboxylic acids is 2. The van der Waals surface area contributed by atoms with Crippen LogP contribution in [0.1, 0.15) is 26.2 Å². The summed E-state index contributed by atoms with van der Waals surface area (Å²) in [5.41, 5.74) is 0. The smallest absolute Gasteiger partial charge is 0.328 e. The lowest BCUT2D eigenvalue weighted by Crippen LogP contribution is -2.54. The third-order valence-electron chi connectivity index (χ3n) is 4.09. The summed E-state index contributed by atoms with van der Waals surface area (Å²) in [7, 11) is -2.74. The van der Waals surface area contributed by atoms with E-state index in [1.54, 1.807) is 0 Å². The highest BCUT2D eigenvalue weighted by molar-refractivity contribution is 7.89. The third-order valence-corrected chi connectivity index (χ3v) is 6.01. The van der Waals surface area contributed by atoms with Crippen molar-refractivity contribution in [2.75, 3.05) is 13.7 Å². The Bertz CT molecular complexity index is 735. The molecule has 9 heteroatoms. The predicted molar refractivity (Wildman–Crippen MR) is 87.6 cm³/mol. The fourth-order valence-electron chi connectivity index (χ4n) is 2.74. The number of sulfonamides is 1. The van der Waals surface area contributed by atoms with Crippen molar-refractivity contribution in [3.63, 3.8) is 0 Å². The average molecular weight is 372 g/mol. The van der Waals surface area contributed by atoms with Crippen LogP contribution in [0.3, 0.4) is 0 Å². The average Bonchev–Trinajstić information content (AvgIpc) is 2.61. The van der Waals surface area contributed by atoms with E-state index in [9.17, 15) is 22.4 Å². The molecule has 1 fully saturated rings. The van der Waals surface area contributed by atoms with Gasteiger partial charge in [-0.15, -0.1) is 0 Å². The van der Waals surface area contributed by atoms with E-state index in [0.29, 0.717) is 19.3 Å². The van der Waals surface area contributed by atoms with Gasteiger partial charge in [-0.3, -0.25) is 4.79 Å². The summed E-state index contributed by atoms with van der Waals surface area (Å²) in [6.45, 7) is 1.65. The third kappa shape index (κ3) is 4.35. The fraction of sp³-hybridized carbons (Fsp3) is 0.500. The summed E-state index contributed by atoms with van der Waals surface area (Å²) in [4.78, 5) is 23.9. The summed E-state index contributed by atoms with van der Waals surface area (Å²) < 4.78 is 44.4. The molecule has 1 saturated heterocycles. The van der Waals surface area contributed by atoms with E-state index in [2.05, 4.69) is 10.1 Å². The molecule has 138 valence electrons. The first-order valence-corrected chi connectivity index (χ1v) is 9.37. The summed E-state index contributed by atoms with van der Waals surface area (Å²) in [6, 6.07) is 2.67. The molecule has 0 aliphatic carbocycles. The van der Waals surface area contributed by atoms with Gasteiger partial charge in [0.05, 0.1) is 12.0 Å². The Morgan fingerprint density at radius 1 is 1.28 bits per heavy atom. The van der Waals surface area contributed by atoms with Gasteiger partial charge in [0, 0.05) is 6.54 Å². The fourth-order valence-corrected chi connectivity index (χ4v) is 4.40. The molecule has 1 aromatic rings. The second-order valence-corrected chi connectivity index (χ2v) is 7.73. The Morgan fingerprint density at radius 3 is 2.52 bits per heavy atom. The lowest BCUT2D eigenvalue weighted by Gasteiger charge is -2.34. The molecule has 1 aliphatic heterocycles. The normalized spacial score (nSPS) is 19.9. The molecule has 0 aromatic heterocycles. The number of ether oxygens (including phenoxy) is 1. The van der Waals surface area contributed by atoms with Crippen LogP contribution in [0.5, 0.6) is 0 Å². The minimum absolute atomic E-state index is 0.0744. The molecular weight excluding hydrogens is 351 g/mol. The second kappa shape index (κ2) is 7.92. The Balaban J connectivity index is 2.23. The van der Waals surface area contributed by atoms with E-state index in [-0.39, 0.29) is 11.4 Å². The molecule has 1 amide bonds. The van der Waals surface area contributed by atoms with Gasteiger partial charge in [0.15, 0.2) is 0 Å². The number of nitrogens with zero attached hydrogens (tertiary/aromatic N) is 1. The monoisotopic (exact) mass is 372 g/mol. The van der Waals surface area contributed by atoms with E-state index >= 15 is 0 Å². The number of halogens is 1. The number of nitrogens with one attached hydrogen (secondary N) is 1. The van der Waals surface area contributed by atoms with Crippen molar-refractivity contribution in [1.29, 1.82) is 0 Å².